The fourth-order valence-corrected chi connectivity index (χ4v) is 1.91. The Hall–Kier alpha value is -2.49. The standard InChI is InChI=1S/C17H20N4/c1-3-5-7-10-13(4-2)15-19-16(21-17(18)20-15)14-11-8-6-9-12-14/h4,6-12H,3,5H2,1-2H3,(H2,18,19,20,21). The van der Waals surface area contributed by atoms with E-state index in [0.717, 1.165) is 24.0 Å². The number of benzene rings is 1. The monoisotopic (exact) mass is 280 g/mol. The summed E-state index contributed by atoms with van der Waals surface area (Å²) < 4.78 is 0. The van der Waals surface area contributed by atoms with E-state index in [1.54, 1.807) is 0 Å². The molecule has 0 unspecified atom stereocenters. The first-order valence-electron chi connectivity index (χ1n) is 7.14. The zero-order valence-electron chi connectivity index (χ0n) is 12.5. The normalized spacial score (nSPS) is 12.0. The van der Waals surface area contributed by atoms with Crippen LogP contribution in [-0.2, 0) is 0 Å². The van der Waals surface area contributed by atoms with Crippen molar-refractivity contribution in [2.24, 2.45) is 0 Å². The molecule has 21 heavy (non-hydrogen) atoms. The zero-order valence-corrected chi connectivity index (χ0v) is 12.5. The number of rotatable bonds is 5. The highest BCUT2D eigenvalue weighted by Gasteiger charge is 2.08. The van der Waals surface area contributed by atoms with Gasteiger partial charge in [0.05, 0.1) is 0 Å². The summed E-state index contributed by atoms with van der Waals surface area (Å²) in [4.78, 5) is 13.0. The van der Waals surface area contributed by atoms with Gasteiger partial charge in [0.15, 0.2) is 11.6 Å². The van der Waals surface area contributed by atoms with Crippen molar-refractivity contribution in [3.63, 3.8) is 0 Å². The van der Waals surface area contributed by atoms with E-state index in [4.69, 9.17) is 5.73 Å². The van der Waals surface area contributed by atoms with E-state index in [1.165, 1.54) is 0 Å². The lowest BCUT2D eigenvalue weighted by molar-refractivity contribution is 0.958. The van der Waals surface area contributed by atoms with Crippen LogP contribution in [0.25, 0.3) is 17.0 Å². The predicted molar refractivity (Wildman–Crippen MR) is 87.4 cm³/mol. The van der Waals surface area contributed by atoms with Crippen molar-refractivity contribution >= 4 is 11.5 Å². The highest BCUT2D eigenvalue weighted by Crippen LogP contribution is 2.19. The van der Waals surface area contributed by atoms with E-state index < -0.39 is 0 Å². The Labute approximate surface area is 125 Å². The van der Waals surface area contributed by atoms with E-state index >= 15 is 0 Å². The number of aromatic nitrogens is 3. The van der Waals surface area contributed by atoms with Crippen LogP contribution in [0.4, 0.5) is 5.95 Å². The Morgan fingerprint density at radius 2 is 1.90 bits per heavy atom. The molecule has 1 heterocycles. The highest BCUT2D eigenvalue weighted by atomic mass is 15.1. The quantitative estimate of drug-likeness (QED) is 0.844. The smallest absolute Gasteiger partial charge is 0.224 e. The summed E-state index contributed by atoms with van der Waals surface area (Å²) in [6.45, 7) is 4.11. The summed E-state index contributed by atoms with van der Waals surface area (Å²) in [5.41, 5.74) is 7.72. The second kappa shape index (κ2) is 7.33. The molecule has 0 saturated carbocycles. The molecule has 4 nitrogen and oxygen atoms in total. The van der Waals surface area contributed by atoms with E-state index in [0.29, 0.717) is 11.6 Å². The highest BCUT2D eigenvalue weighted by molar-refractivity contribution is 5.71. The molecule has 0 aliphatic rings. The Morgan fingerprint density at radius 1 is 1.14 bits per heavy atom. The first-order valence-corrected chi connectivity index (χ1v) is 7.14. The fraction of sp³-hybridized carbons (Fsp3) is 0.235. The molecular formula is C17H20N4. The van der Waals surface area contributed by atoms with Crippen LogP contribution < -0.4 is 5.73 Å². The Bertz CT molecular complexity index is 645. The number of nitrogens with two attached hydrogens (primary N) is 1. The SMILES string of the molecule is CC=C(C=CCCC)c1nc(N)nc(-c2ccccc2)n1. The van der Waals surface area contributed by atoms with Crippen molar-refractivity contribution in [3.8, 4) is 11.4 Å². The number of hydrogen-bond donors (Lipinski definition) is 1. The lowest BCUT2D eigenvalue weighted by Gasteiger charge is -2.05. The number of hydrogen-bond acceptors (Lipinski definition) is 4. The van der Waals surface area contributed by atoms with E-state index in [9.17, 15) is 0 Å². The molecule has 2 aromatic rings. The maximum absolute atomic E-state index is 5.83. The third kappa shape index (κ3) is 3.99. The van der Waals surface area contributed by atoms with Crippen molar-refractivity contribution in [1.29, 1.82) is 0 Å². The number of unbranched alkanes of at least 4 members (excludes halogenated alkanes) is 1. The van der Waals surface area contributed by atoms with Crippen molar-refractivity contribution in [2.45, 2.75) is 26.7 Å². The second-order valence-corrected chi connectivity index (χ2v) is 4.64. The van der Waals surface area contributed by atoms with Gasteiger partial charge in [-0.2, -0.15) is 9.97 Å². The van der Waals surface area contributed by atoms with Crippen molar-refractivity contribution in [2.75, 3.05) is 5.73 Å². The predicted octanol–water partition coefficient (Wildman–Crippen LogP) is 3.88. The summed E-state index contributed by atoms with van der Waals surface area (Å²) >= 11 is 0. The molecule has 4 heteroatoms. The molecule has 0 aliphatic carbocycles. The van der Waals surface area contributed by atoms with Gasteiger partial charge in [0.2, 0.25) is 5.95 Å². The summed E-state index contributed by atoms with van der Waals surface area (Å²) in [5.74, 6) is 1.44. The summed E-state index contributed by atoms with van der Waals surface area (Å²) in [6.07, 6.45) is 8.28. The lowest BCUT2D eigenvalue weighted by Crippen LogP contribution is -2.04. The van der Waals surface area contributed by atoms with Gasteiger partial charge in [-0.1, -0.05) is 61.9 Å². The van der Waals surface area contributed by atoms with Gasteiger partial charge < -0.3 is 5.73 Å². The number of nitrogen functional groups attached to an aromatic ring is 1. The molecule has 0 aliphatic heterocycles. The fourth-order valence-electron chi connectivity index (χ4n) is 1.91. The molecule has 0 spiro atoms. The third-order valence-electron chi connectivity index (χ3n) is 3.01. The minimum absolute atomic E-state index is 0.238. The third-order valence-corrected chi connectivity index (χ3v) is 3.01. The summed E-state index contributed by atoms with van der Waals surface area (Å²) in [7, 11) is 0. The van der Waals surface area contributed by atoms with E-state index in [2.05, 4.69) is 28.0 Å². The van der Waals surface area contributed by atoms with Gasteiger partial charge >= 0.3 is 0 Å². The summed E-state index contributed by atoms with van der Waals surface area (Å²) in [5, 5.41) is 0. The van der Waals surface area contributed by atoms with Crippen LogP contribution in [-0.4, -0.2) is 15.0 Å². The molecule has 0 saturated heterocycles. The molecular weight excluding hydrogens is 260 g/mol. The minimum Gasteiger partial charge on any atom is -0.368 e. The Kier molecular flexibility index (Phi) is 5.21. The molecule has 0 atom stereocenters. The molecule has 2 N–H and O–H groups in total. The number of anilines is 1. The molecule has 108 valence electrons. The number of nitrogens with zero attached hydrogens (tertiary/aromatic N) is 3. The van der Waals surface area contributed by atoms with Crippen molar-refractivity contribution in [3.05, 3.63) is 54.4 Å². The lowest BCUT2D eigenvalue weighted by atomic mass is 10.1. The maximum atomic E-state index is 5.83. The minimum atomic E-state index is 0.238. The molecule has 0 radical (unpaired) electrons. The molecule has 2 rings (SSSR count). The van der Waals surface area contributed by atoms with Crippen LogP contribution in [0.5, 0.6) is 0 Å². The van der Waals surface area contributed by atoms with Crippen LogP contribution in [0.1, 0.15) is 32.5 Å². The largest absolute Gasteiger partial charge is 0.368 e. The number of allylic oxidation sites excluding steroid dienone is 4. The first-order chi connectivity index (χ1) is 10.2. The topological polar surface area (TPSA) is 64.7 Å². The van der Waals surface area contributed by atoms with E-state index in [-0.39, 0.29) is 5.95 Å². The van der Waals surface area contributed by atoms with Gasteiger partial charge in [0.1, 0.15) is 0 Å². The van der Waals surface area contributed by atoms with Crippen LogP contribution in [0.3, 0.4) is 0 Å². The van der Waals surface area contributed by atoms with Gasteiger partial charge in [-0.3, -0.25) is 0 Å². The van der Waals surface area contributed by atoms with Gasteiger partial charge in [-0.25, -0.2) is 4.98 Å². The first kappa shape index (κ1) is 14.9. The molecule has 0 fully saturated rings. The van der Waals surface area contributed by atoms with Crippen molar-refractivity contribution < 1.29 is 0 Å². The van der Waals surface area contributed by atoms with Crippen LogP contribution in [0.15, 0.2) is 48.6 Å². The molecule has 1 aromatic heterocycles. The zero-order chi connectivity index (χ0) is 15.1. The average Bonchev–Trinajstić information content (AvgIpc) is 2.52. The van der Waals surface area contributed by atoms with Gasteiger partial charge in [-0.05, 0) is 13.3 Å². The Balaban J connectivity index is 2.39. The molecule has 0 bridgehead atoms. The van der Waals surface area contributed by atoms with E-state index in [1.807, 2.05) is 49.4 Å². The molecule has 0 amide bonds. The maximum Gasteiger partial charge on any atom is 0.224 e. The van der Waals surface area contributed by atoms with Gasteiger partial charge in [0.25, 0.3) is 0 Å². The second-order valence-electron chi connectivity index (χ2n) is 4.64. The Morgan fingerprint density at radius 3 is 2.57 bits per heavy atom. The van der Waals surface area contributed by atoms with Crippen molar-refractivity contribution in [1.82, 2.24) is 15.0 Å². The average molecular weight is 280 g/mol. The van der Waals surface area contributed by atoms with Gasteiger partial charge in [-0.15, -0.1) is 0 Å². The van der Waals surface area contributed by atoms with Crippen LogP contribution in [0.2, 0.25) is 0 Å². The molecule has 1 aromatic carbocycles. The van der Waals surface area contributed by atoms with Crippen LogP contribution in [0, 0.1) is 0 Å². The summed E-state index contributed by atoms with van der Waals surface area (Å²) in [6, 6.07) is 9.78. The van der Waals surface area contributed by atoms with Crippen LogP contribution >= 0.6 is 0 Å². The van der Waals surface area contributed by atoms with Gasteiger partial charge in [0, 0.05) is 11.1 Å².